The number of halogens is 1. The molecule has 1 aromatic carbocycles. The first-order valence-electron chi connectivity index (χ1n) is 6.87. The lowest BCUT2D eigenvalue weighted by Gasteiger charge is -2.06. The van der Waals surface area contributed by atoms with Crippen molar-refractivity contribution in [2.75, 3.05) is 13.2 Å². The van der Waals surface area contributed by atoms with E-state index in [1.807, 2.05) is 16.8 Å². The normalized spacial score (nSPS) is 10.5. The molecule has 0 spiro atoms. The first-order chi connectivity index (χ1) is 11.2. The van der Waals surface area contributed by atoms with E-state index in [1.54, 1.807) is 41.0 Å². The number of benzene rings is 1. The van der Waals surface area contributed by atoms with E-state index in [2.05, 4.69) is 10.3 Å². The Bertz CT molecular complexity index is 770. The summed E-state index contributed by atoms with van der Waals surface area (Å²) in [4.78, 5) is 16.4. The highest BCUT2D eigenvalue weighted by Crippen LogP contribution is 2.25. The van der Waals surface area contributed by atoms with Crippen molar-refractivity contribution in [3.8, 4) is 16.3 Å². The van der Waals surface area contributed by atoms with E-state index in [4.69, 9.17) is 16.3 Å². The van der Waals surface area contributed by atoms with Crippen LogP contribution < -0.4 is 10.1 Å². The zero-order chi connectivity index (χ0) is 16.1. The molecule has 2 aromatic heterocycles. The Morgan fingerprint density at radius 1 is 1.22 bits per heavy atom. The van der Waals surface area contributed by atoms with Gasteiger partial charge < -0.3 is 10.1 Å². The second-order valence-corrected chi connectivity index (χ2v) is 6.68. The lowest BCUT2D eigenvalue weighted by atomic mass is 10.3. The quantitative estimate of drug-likeness (QED) is 0.662. The van der Waals surface area contributed by atoms with Crippen LogP contribution in [0.5, 0.6) is 5.75 Å². The molecule has 0 bridgehead atoms. The molecular formula is C16H13ClN2O2S2. The summed E-state index contributed by atoms with van der Waals surface area (Å²) in [6, 6.07) is 9.09. The number of hydrogen-bond donors (Lipinski definition) is 1. The summed E-state index contributed by atoms with van der Waals surface area (Å²) in [5.41, 5.74) is 1.48. The van der Waals surface area contributed by atoms with Gasteiger partial charge in [-0.3, -0.25) is 4.79 Å². The van der Waals surface area contributed by atoms with E-state index < -0.39 is 0 Å². The highest BCUT2D eigenvalue weighted by Gasteiger charge is 2.11. The molecule has 0 aliphatic heterocycles. The van der Waals surface area contributed by atoms with Crippen LogP contribution in [-0.2, 0) is 0 Å². The summed E-state index contributed by atoms with van der Waals surface area (Å²) < 4.78 is 5.52. The first-order valence-corrected chi connectivity index (χ1v) is 9.07. The SMILES string of the molecule is O=C(NCCOc1ccc(Cl)cc1)c1csc(-c2ccsc2)n1. The molecule has 0 saturated carbocycles. The predicted octanol–water partition coefficient (Wildman–Crippen LogP) is 4.33. The minimum atomic E-state index is -0.192. The number of thiazole rings is 1. The molecule has 0 fully saturated rings. The van der Waals surface area contributed by atoms with Gasteiger partial charge in [0.25, 0.3) is 5.91 Å². The molecule has 7 heteroatoms. The fraction of sp³-hybridized carbons (Fsp3) is 0.125. The molecule has 118 valence electrons. The molecule has 0 atom stereocenters. The number of thiophene rings is 1. The number of rotatable bonds is 6. The Hall–Kier alpha value is -1.89. The third-order valence-corrected chi connectivity index (χ3v) is 4.80. The van der Waals surface area contributed by atoms with E-state index in [0.29, 0.717) is 23.9 Å². The molecule has 0 unspecified atom stereocenters. The van der Waals surface area contributed by atoms with Crippen molar-refractivity contribution in [2.24, 2.45) is 0 Å². The van der Waals surface area contributed by atoms with Gasteiger partial charge in [-0.05, 0) is 35.7 Å². The lowest BCUT2D eigenvalue weighted by molar-refractivity contribution is 0.0943. The molecule has 4 nitrogen and oxygen atoms in total. The summed E-state index contributed by atoms with van der Waals surface area (Å²) in [6.07, 6.45) is 0. The van der Waals surface area contributed by atoms with Gasteiger partial charge in [-0.15, -0.1) is 11.3 Å². The Kier molecular flexibility index (Phi) is 5.27. The van der Waals surface area contributed by atoms with Crippen molar-refractivity contribution >= 4 is 40.2 Å². The summed E-state index contributed by atoms with van der Waals surface area (Å²) in [5.74, 6) is 0.527. The van der Waals surface area contributed by atoms with E-state index in [0.717, 1.165) is 16.3 Å². The largest absolute Gasteiger partial charge is 0.492 e. The zero-order valence-corrected chi connectivity index (χ0v) is 14.4. The third-order valence-electron chi connectivity index (χ3n) is 2.97. The van der Waals surface area contributed by atoms with E-state index in [9.17, 15) is 4.79 Å². The molecule has 23 heavy (non-hydrogen) atoms. The third kappa shape index (κ3) is 4.31. The summed E-state index contributed by atoms with van der Waals surface area (Å²) >= 11 is 8.88. The second kappa shape index (κ2) is 7.59. The van der Waals surface area contributed by atoms with Crippen LogP contribution in [0.4, 0.5) is 0 Å². The van der Waals surface area contributed by atoms with Gasteiger partial charge in [-0.25, -0.2) is 4.98 Å². The molecular weight excluding hydrogens is 352 g/mol. The number of hydrogen-bond acceptors (Lipinski definition) is 5. The molecule has 1 amide bonds. The zero-order valence-electron chi connectivity index (χ0n) is 12.0. The summed E-state index contributed by atoms with van der Waals surface area (Å²) in [7, 11) is 0. The molecule has 0 aliphatic rings. The Balaban J connectivity index is 1.47. The standard InChI is InChI=1S/C16H13ClN2O2S2/c17-12-1-3-13(4-2-12)21-7-6-18-15(20)14-10-23-16(19-14)11-5-8-22-9-11/h1-5,8-10H,6-7H2,(H,18,20). The minimum Gasteiger partial charge on any atom is -0.492 e. The van der Waals surface area contributed by atoms with Crippen LogP contribution in [0.3, 0.4) is 0 Å². The van der Waals surface area contributed by atoms with Crippen molar-refractivity contribution in [2.45, 2.75) is 0 Å². The Labute approximate surface area is 146 Å². The van der Waals surface area contributed by atoms with E-state index in [-0.39, 0.29) is 5.91 Å². The van der Waals surface area contributed by atoms with Crippen LogP contribution in [0.2, 0.25) is 5.02 Å². The van der Waals surface area contributed by atoms with Crippen molar-refractivity contribution in [3.05, 3.63) is 57.2 Å². The topological polar surface area (TPSA) is 51.2 Å². The number of nitrogens with one attached hydrogen (secondary N) is 1. The van der Waals surface area contributed by atoms with Crippen LogP contribution in [0.25, 0.3) is 10.6 Å². The van der Waals surface area contributed by atoms with Gasteiger partial charge in [0.15, 0.2) is 0 Å². The van der Waals surface area contributed by atoms with Gasteiger partial charge in [0.1, 0.15) is 23.1 Å². The number of carbonyl (C=O) groups is 1. The molecule has 3 aromatic rings. The smallest absolute Gasteiger partial charge is 0.270 e. The van der Waals surface area contributed by atoms with Gasteiger partial charge >= 0.3 is 0 Å². The molecule has 0 saturated heterocycles. The van der Waals surface area contributed by atoms with Crippen LogP contribution in [0.15, 0.2) is 46.5 Å². The molecule has 2 heterocycles. The van der Waals surface area contributed by atoms with Crippen LogP contribution in [-0.4, -0.2) is 24.0 Å². The average molecular weight is 365 g/mol. The minimum absolute atomic E-state index is 0.192. The van der Waals surface area contributed by atoms with Crippen LogP contribution in [0, 0.1) is 0 Å². The first kappa shape index (κ1) is 16.0. The summed E-state index contributed by atoms with van der Waals surface area (Å²) in [6.45, 7) is 0.793. The van der Waals surface area contributed by atoms with Crippen LogP contribution in [0.1, 0.15) is 10.5 Å². The number of nitrogens with zero attached hydrogens (tertiary/aromatic N) is 1. The fourth-order valence-electron chi connectivity index (χ4n) is 1.85. The second-order valence-electron chi connectivity index (χ2n) is 4.61. The van der Waals surface area contributed by atoms with Crippen molar-refractivity contribution in [1.82, 2.24) is 10.3 Å². The number of amides is 1. The van der Waals surface area contributed by atoms with Gasteiger partial charge in [0.05, 0.1) is 6.54 Å². The predicted molar refractivity (Wildman–Crippen MR) is 94.7 cm³/mol. The van der Waals surface area contributed by atoms with Gasteiger partial charge in [-0.2, -0.15) is 11.3 Å². The highest BCUT2D eigenvalue weighted by molar-refractivity contribution is 7.14. The van der Waals surface area contributed by atoms with Crippen molar-refractivity contribution in [3.63, 3.8) is 0 Å². The summed E-state index contributed by atoms with van der Waals surface area (Å²) in [5, 5.41) is 10.1. The lowest BCUT2D eigenvalue weighted by Crippen LogP contribution is -2.28. The number of ether oxygens (including phenoxy) is 1. The Morgan fingerprint density at radius 3 is 2.78 bits per heavy atom. The molecule has 0 radical (unpaired) electrons. The monoisotopic (exact) mass is 364 g/mol. The molecule has 3 rings (SSSR count). The number of carbonyl (C=O) groups excluding carboxylic acids is 1. The van der Waals surface area contributed by atoms with E-state index >= 15 is 0 Å². The highest BCUT2D eigenvalue weighted by atomic mass is 35.5. The molecule has 0 aliphatic carbocycles. The van der Waals surface area contributed by atoms with E-state index in [1.165, 1.54) is 11.3 Å². The Morgan fingerprint density at radius 2 is 2.04 bits per heavy atom. The maximum absolute atomic E-state index is 12.0. The van der Waals surface area contributed by atoms with Crippen LogP contribution >= 0.6 is 34.3 Å². The molecule has 1 N–H and O–H groups in total. The van der Waals surface area contributed by atoms with Crippen molar-refractivity contribution in [1.29, 1.82) is 0 Å². The van der Waals surface area contributed by atoms with Gasteiger partial charge in [-0.1, -0.05) is 11.6 Å². The van der Waals surface area contributed by atoms with Gasteiger partial charge in [0.2, 0.25) is 0 Å². The maximum Gasteiger partial charge on any atom is 0.270 e. The average Bonchev–Trinajstić information content (AvgIpc) is 3.23. The van der Waals surface area contributed by atoms with Gasteiger partial charge in [0, 0.05) is 21.3 Å². The fourth-order valence-corrected chi connectivity index (χ4v) is 3.49. The maximum atomic E-state index is 12.0. The number of aromatic nitrogens is 1. The van der Waals surface area contributed by atoms with Crippen molar-refractivity contribution < 1.29 is 9.53 Å².